The van der Waals surface area contributed by atoms with E-state index in [0.717, 1.165) is 9.14 Å². The SMILES string of the molecule is COc1cc(C2C3=CCC4C(=O)N(c5ccc(I)cc5)C(=O)C4C3CC3C(=O)N(c4ccccc4)C(=O)C32C)cc(OC)c1O. The third kappa shape index (κ3) is 4.17. The van der Waals surface area contributed by atoms with Crippen molar-refractivity contribution in [2.45, 2.75) is 25.7 Å². The van der Waals surface area contributed by atoms with Crippen molar-refractivity contribution < 1.29 is 33.8 Å². The molecule has 4 amide bonds. The first-order valence-electron chi connectivity index (χ1n) is 14.8. The topological polar surface area (TPSA) is 113 Å². The van der Waals surface area contributed by atoms with Crippen LogP contribution in [-0.2, 0) is 19.2 Å². The minimum atomic E-state index is -1.23. The lowest BCUT2D eigenvalue weighted by Crippen LogP contribution is -2.48. The fourth-order valence-electron chi connectivity index (χ4n) is 8.14. The van der Waals surface area contributed by atoms with Gasteiger partial charge in [0.05, 0.1) is 48.8 Å². The maximum absolute atomic E-state index is 14.6. The number of para-hydroxylation sites is 1. The van der Waals surface area contributed by atoms with Crippen molar-refractivity contribution in [1.82, 2.24) is 0 Å². The van der Waals surface area contributed by atoms with Gasteiger partial charge in [0.2, 0.25) is 29.4 Å². The average molecular weight is 719 g/mol. The number of amides is 4. The van der Waals surface area contributed by atoms with Crippen LogP contribution in [0.25, 0.3) is 0 Å². The van der Waals surface area contributed by atoms with Gasteiger partial charge in [-0.2, -0.15) is 0 Å². The molecule has 3 aromatic rings. The van der Waals surface area contributed by atoms with E-state index in [1.54, 1.807) is 48.5 Å². The lowest BCUT2D eigenvalue weighted by atomic mass is 9.51. The van der Waals surface area contributed by atoms with Crippen molar-refractivity contribution in [2.75, 3.05) is 24.0 Å². The number of carbonyl (C=O) groups is 4. The lowest BCUT2D eigenvalue weighted by molar-refractivity contribution is -0.131. The molecule has 7 rings (SSSR count). The summed E-state index contributed by atoms with van der Waals surface area (Å²) in [6.45, 7) is 1.82. The Hall–Kier alpha value is -4.19. The first-order valence-corrected chi connectivity index (χ1v) is 15.9. The van der Waals surface area contributed by atoms with Gasteiger partial charge in [-0.25, -0.2) is 4.90 Å². The number of fused-ring (bicyclic) bond motifs is 4. The van der Waals surface area contributed by atoms with E-state index in [1.165, 1.54) is 24.0 Å². The molecule has 9 nitrogen and oxygen atoms in total. The molecule has 2 aliphatic heterocycles. The molecule has 4 aliphatic rings. The molecule has 0 aromatic heterocycles. The van der Waals surface area contributed by atoms with Crippen LogP contribution < -0.4 is 19.3 Å². The van der Waals surface area contributed by atoms with E-state index < -0.39 is 35.0 Å². The van der Waals surface area contributed by atoms with Gasteiger partial charge in [-0.1, -0.05) is 29.8 Å². The number of aromatic hydroxyl groups is 1. The molecule has 3 aromatic carbocycles. The second-order valence-electron chi connectivity index (χ2n) is 12.3. The highest BCUT2D eigenvalue weighted by Gasteiger charge is 2.67. The highest BCUT2D eigenvalue weighted by atomic mass is 127. The Morgan fingerprint density at radius 2 is 1.44 bits per heavy atom. The quantitative estimate of drug-likeness (QED) is 0.212. The van der Waals surface area contributed by atoms with E-state index in [1.807, 2.05) is 31.2 Å². The monoisotopic (exact) mass is 718 g/mol. The van der Waals surface area contributed by atoms with Gasteiger partial charge in [0.15, 0.2) is 11.5 Å². The molecule has 45 heavy (non-hydrogen) atoms. The summed E-state index contributed by atoms with van der Waals surface area (Å²) in [5.74, 6) is -4.21. The Labute approximate surface area is 273 Å². The summed E-state index contributed by atoms with van der Waals surface area (Å²) in [6, 6.07) is 19.5. The summed E-state index contributed by atoms with van der Waals surface area (Å²) in [6.07, 6.45) is 2.57. The number of nitrogens with zero attached hydrogens (tertiary/aromatic N) is 2. The number of ether oxygens (including phenoxy) is 2. The molecule has 0 spiro atoms. The number of phenolic OH excluding ortho intramolecular Hbond substituents is 1. The second-order valence-corrected chi connectivity index (χ2v) is 13.5. The molecule has 230 valence electrons. The molecule has 2 saturated heterocycles. The Balaban J connectivity index is 1.40. The molecule has 6 unspecified atom stereocenters. The number of hydrogen-bond donors (Lipinski definition) is 1. The predicted molar refractivity (Wildman–Crippen MR) is 174 cm³/mol. The largest absolute Gasteiger partial charge is 0.502 e. The van der Waals surface area contributed by atoms with Crippen LogP contribution in [0.3, 0.4) is 0 Å². The fraction of sp³-hybridized carbons (Fsp3) is 0.314. The van der Waals surface area contributed by atoms with Crippen molar-refractivity contribution in [1.29, 1.82) is 0 Å². The second kappa shape index (κ2) is 10.7. The van der Waals surface area contributed by atoms with Gasteiger partial charge in [-0.05, 0) is 102 Å². The van der Waals surface area contributed by atoms with Gasteiger partial charge < -0.3 is 14.6 Å². The number of halogens is 1. The van der Waals surface area contributed by atoms with Crippen molar-refractivity contribution in [3.8, 4) is 17.2 Å². The molecular formula is C35H31IN2O7. The molecule has 0 bridgehead atoms. The molecule has 6 atom stereocenters. The number of rotatable bonds is 5. The fourth-order valence-corrected chi connectivity index (χ4v) is 8.50. The van der Waals surface area contributed by atoms with Gasteiger partial charge in [0.1, 0.15) is 0 Å². The number of phenols is 1. The zero-order valence-electron chi connectivity index (χ0n) is 24.9. The molecule has 10 heteroatoms. The predicted octanol–water partition coefficient (Wildman–Crippen LogP) is 5.45. The van der Waals surface area contributed by atoms with Gasteiger partial charge in [0.25, 0.3) is 0 Å². The van der Waals surface area contributed by atoms with Crippen LogP contribution in [0.1, 0.15) is 31.2 Å². The first kappa shape index (κ1) is 29.5. The molecule has 0 radical (unpaired) electrons. The zero-order chi connectivity index (χ0) is 31.8. The maximum atomic E-state index is 14.6. The van der Waals surface area contributed by atoms with E-state index in [0.29, 0.717) is 23.4 Å². The van der Waals surface area contributed by atoms with E-state index in [4.69, 9.17) is 9.47 Å². The van der Waals surface area contributed by atoms with Crippen LogP contribution in [0.5, 0.6) is 17.2 Å². The van der Waals surface area contributed by atoms with Crippen LogP contribution >= 0.6 is 22.6 Å². The minimum Gasteiger partial charge on any atom is -0.502 e. The molecule has 3 fully saturated rings. The van der Waals surface area contributed by atoms with Gasteiger partial charge in [-0.3, -0.25) is 24.1 Å². The summed E-state index contributed by atoms with van der Waals surface area (Å²) >= 11 is 2.18. The Morgan fingerprint density at radius 3 is 2.07 bits per heavy atom. The standard InChI is InChI=1S/C35H31IN2O7/c1-35-25(32(41)38(34(35)43)20-7-5-4-6-8-20)17-24-22(29(35)18-15-26(44-2)30(39)27(16-18)45-3)13-14-23-28(24)33(42)37(31(23)40)21-11-9-19(36)10-12-21/h4-13,15-16,23-25,28-29,39H,14,17H2,1-3H3. The number of allylic oxidation sites excluding steroid dienone is 2. The first-order chi connectivity index (χ1) is 21.6. The maximum Gasteiger partial charge on any atom is 0.241 e. The Morgan fingerprint density at radius 1 is 0.822 bits per heavy atom. The van der Waals surface area contributed by atoms with Gasteiger partial charge in [-0.15, -0.1) is 0 Å². The number of hydrogen-bond acceptors (Lipinski definition) is 7. The molecule has 1 saturated carbocycles. The van der Waals surface area contributed by atoms with Crippen molar-refractivity contribution in [3.05, 3.63) is 87.5 Å². The number of methoxy groups -OCH3 is 2. The van der Waals surface area contributed by atoms with Crippen LogP contribution in [0.4, 0.5) is 11.4 Å². The molecular weight excluding hydrogens is 687 g/mol. The number of imide groups is 2. The highest BCUT2D eigenvalue weighted by molar-refractivity contribution is 14.1. The number of benzene rings is 3. The number of carbonyl (C=O) groups excluding carboxylic acids is 4. The van der Waals surface area contributed by atoms with Crippen LogP contribution in [0, 0.1) is 32.7 Å². The van der Waals surface area contributed by atoms with Gasteiger partial charge >= 0.3 is 0 Å². The summed E-state index contributed by atoms with van der Waals surface area (Å²) in [4.78, 5) is 59.4. The third-order valence-corrected chi connectivity index (χ3v) is 10.9. The minimum absolute atomic E-state index is 0.162. The van der Waals surface area contributed by atoms with Crippen molar-refractivity contribution in [3.63, 3.8) is 0 Å². The molecule has 1 N–H and O–H groups in total. The molecule has 2 aliphatic carbocycles. The van der Waals surface area contributed by atoms with E-state index in [2.05, 4.69) is 22.6 Å². The van der Waals surface area contributed by atoms with E-state index in [9.17, 15) is 24.3 Å². The summed E-state index contributed by atoms with van der Waals surface area (Å²) < 4.78 is 12.0. The zero-order valence-corrected chi connectivity index (χ0v) is 27.1. The van der Waals surface area contributed by atoms with Gasteiger partial charge in [0, 0.05) is 9.49 Å². The van der Waals surface area contributed by atoms with E-state index >= 15 is 0 Å². The smallest absolute Gasteiger partial charge is 0.241 e. The number of anilines is 2. The third-order valence-electron chi connectivity index (χ3n) is 10.2. The Bertz CT molecular complexity index is 1760. The lowest BCUT2D eigenvalue weighted by Gasteiger charge is -2.49. The summed E-state index contributed by atoms with van der Waals surface area (Å²) in [5, 5.41) is 10.7. The molecule has 2 heterocycles. The van der Waals surface area contributed by atoms with Crippen LogP contribution in [-0.4, -0.2) is 43.0 Å². The Kier molecular flexibility index (Phi) is 7.03. The van der Waals surface area contributed by atoms with Crippen molar-refractivity contribution in [2.24, 2.45) is 29.1 Å². The normalized spacial score (nSPS) is 28.9. The summed E-state index contributed by atoms with van der Waals surface area (Å²) in [7, 11) is 2.86. The highest BCUT2D eigenvalue weighted by Crippen LogP contribution is 2.64. The van der Waals surface area contributed by atoms with E-state index in [-0.39, 0.29) is 47.3 Å². The van der Waals surface area contributed by atoms with Crippen molar-refractivity contribution >= 4 is 57.6 Å². The van der Waals surface area contributed by atoms with Crippen LogP contribution in [0.2, 0.25) is 0 Å². The van der Waals surface area contributed by atoms with Crippen LogP contribution in [0.15, 0.2) is 78.4 Å². The summed E-state index contributed by atoms with van der Waals surface area (Å²) in [5.41, 5.74) is 1.23. The average Bonchev–Trinajstić information content (AvgIpc) is 3.41.